The fraction of sp³-hybridized carbons (Fsp3) is 0.290. The van der Waals surface area contributed by atoms with Crippen molar-refractivity contribution in [2.75, 3.05) is 61.9 Å². The first-order valence-electron chi connectivity index (χ1n) is 13.5. The van der Waals surface area contributed by atoms with Gasteiger partial charge in [0.25, 0.3) is 0 Å². The number of carbonyl (C=O) groups is 1. The maximum Gasteiger partial charge on any atom is 0.247 e. The highest BCUT2D eigenvalue weighted by atomic mass is 16.5. The molecule has 0 spiro atoms. The van der Waals surface area contributed by atoms with Crippen LogP contribution in [0.5, 0.6) is 5.75 Å². The Labute approximate surface area is 246 Å². The van der Waals surface area contributed by atoms with Gasteiger partial charge >= 0.3 is 0 Å². The Morgan fingerprint density at radius 2 is 1.93 bits per heavy atom. The van der Waals surface area contributed by atoms with Gasteiger partial charge in [0.05, 0.1) is 47.3 Å². The molecule has 2 aromatic carbocycles. The lowest BCUT2D eigenvalue weighted by Gasteiger charge is -2.26. The van der Waals surface area contributed by atoms with Crippen molar-refractivity contribution in [3.63, 3.8) is 0 Å². The third-order valence-electron chi connectivity index (χ3n) is 6.94. The summed E-state index contributed by atoms with van der Waals surface area (Å²) in [5.74, 6) is 6.80. The molecule has 3 aromatic rings. The van der Waals surface area contributed by atoms with Crippen molar-refractivity contribution in [2.45, 2.75) is 18.9 Å². The molecule has 1 saturated carbocycles. The summed E-state index contributed by atoms with van der Waals surface area (Å²) in [7, 11) is 7.51. The molecule has 0 saturated heterocycles. The second kappa shape index (κ2) is 13.2. The van der Waals surface area contributed by atoms with E-state index in [-0.39, 0.29) is 23.5 Å². The highest BCUT2D eigenvalue weighted by molar-refractivity contribution is 6.02. The van der Waals surface area contributed by atoms with Crippen LogP contribution in [-0.2, 0) is 4.79 Å². The number of ether oxygens (including phenoxy) is 1. The van der Waals surface area contributed by atoms with Crippen LogP contribution >= 0.6 is 0 Å². The number of hydrazine groups is 1. The number of nitrogens with zero attached hydrogens (tertiary/aromatic N) is 6. The van der Waals surface area contributed by atoms with Crippen molar-refractivity contribution in [3.8, 4) is 11.8 Å². The number of aromatic nitrogens is 2. The van der Waals surface area contributed by atoms with Crippen LogP contribution in [0.2, 0.25) is 0 Å². The van der Waals surface area contributed by atoms with E-state index in [4.69, 9.17) is 10.6 Å². The first-order chi connectivity index (χ1) is 20.2. The van der Waals surface area contributed by atoms with E-state index >= 15 is 0 Å². The highest BCUT2D eigenvalue weighted by Gasteiger charge is 2.29. The maximum absolute atomic E-state index is 12.3. The number of benzene rings is 2. The largest absolute Gasteiger partial charge is 0.494 e. The molecule has 1 heterocycles. The van der Waals surface area contributed by atoms with Crippen LogP contribution in [0.4, 0.5) is 28.7 Å². The predicted molar refractivity (Wildman–Crippen MR) is 168 cm³/mol. The van der Waals surface area contributed by atoms with Crippen LogP contribution < -0.4 is 31.1 Å². The summed E-state index contributed by atoms with van der Waals surface area (Å²) in [5.41, 5.74) is 4.65. The lowest BCUT2D eigenvalue weighted by Crippen LogP contribution is -2.33. The van der Waals surface area contributed by atoms with Gasteiger partial charge in [0.1, 0.15) is 11.8 Å². The zero-order valence-electron chi connectivity index (χ0n) is 24.5. The summed E-state index contributed by atoms with van der Waals surface area (Å²) in [5, 5.41) is 17.7. The lowest BCUT2D eigenvalue weighted by molar-refractivity contribution is -0.111. The first kappa shape index (κ1) is 30.0. The van der Waals surface area contributed by atoms with Gasteiger partial charge in [-0.1, -0.05) is 31.4 Å². The molecule has 1 aliphatic carbocycles. The Hall–Kier alpha value is -4.92. The van der Waals surface area contributed by atoms with E-state index in [9.17, 15) is 10.1 Å². The monoisotopic (exact) mass is 567 g/mol. The molecule has 11 nitrogen and oxygen atoms in total. The SMILES string of the molecule is C=CC(=O)Nc1cc(Nc2ncc(C#N)c(C(=C)c3ccccc3N(N)C3CC3)n2)c(OC)cc1N(C)CCN(C)C. The second-order valence-corrected chi connectivity index (χ2v) is 10.3. The van der Waals surface area contributed by atoms with Crippen LogP contribution in [0.1, 0.15) is 29.7 Å². The van der Waals surface area contributed by atoms with E-state index in [1.807, 2.05) is 56.4 Å². The maximum atomic E-state index is 12.3. The smallest absolute Gasteiger partial charge is 0.247 e. The molecule has 0 unspecified atom stereocenters. The van der Waals surface area contributed by atoms with Gasteiger partial charge in [0, 0.05) is 43.4 Å². The summed E-state index contributed by atoms with van der Waals surface area (Å²) in [6, 6.07) is 13.7. The average molecular weight is 568 g/mol. The Morgan fingerprint density at radius 1 is 1.19 bits per heavy atom. The van der Waals surface area contributed by atoms with Crippen LogP contribution in [0.3, 0.4) is 0 Å². The Kier molecular flexibility index (Phi) is 9.42. The van der Waals surface area contributed by atoms with Gasteiger partial charge in [-0.25, -0.2) is 15.8 Å². The van der Waals surface area contributed by atoms with E-state index in [0.29, 0.717) is 34.9 Å². The number of para-hydroxylation sites is 1. The fourth-order valence-electron chi connectivity index (χ4n) is 4.41. The number of amides is 1. The molecule has 1 aliphatic rings. The van der Waals surface area contributed by atoms with Crippen molar-refractivity contribution >= 4 is 40.2 Å². The van der Waals surface area contributed by atoms with Gasteiger partial charge in [-0.05, 0) is 45.1 Å². The minimum Gasteiger partial charge on any atom is -0.494 e. The van der Waals surface area contributed by atoms with Gasteiger partial charge in [-0.3, -0.25) is 4.79 Å². The Morgan fingerprint density at radius 3 is 2.57 bits per heavy atom. The minimum absolute atomic E-state index is 0.224. The van der Waals surface area contributed by atoms with Gasteiger partial charge in [-0.15, -0.1) is 0 Å². The molecule has 4 N–H and O–H groups in total. The zero-order valence-corrected chi connectivity index (χ0v) is 24.5. The molecule has 218 valence electrons. The van der Waals surface area contributed by atoms with Crippen molar-refractivity contribution in [1.82, 2.24) is 14.9 Å². The lowest BCUT2D eigenvalue weighted by atomic mass is 9.99. The number of rotatable bonds is 13. The standard InChI is InChI=1S/C31H37N9O2/c1-7-29(41)35-24-16-25(28(42-6)17-27(24)39(5)15-14-38(3)4)36-31-34-19-21(18-32)30(37-31)20(2)23-10-8-9-11-26(23)40(33)22-12-13-22/h7-11,16-17,19,22H,1-2,12-15,33H2,3-6H3,(H,35,41)(H,34,36,37). The molecule has 11 heteroatoms. The molecular formula is C31H37N9O2. The van der Waals surface area contributed by atoms with E-state index < -0.39 is 0 Å². The second-order valence-electron chi connectivity index (χ2n) is 10.3. The number of nitrogens with one attached hydrogen (secondary N) is 2. The molecule has 0 radical (unpaired) electrons. The number of methoxy groups -OCH3 is 1. The van der Waals surface area contributed by atoms with Gasteiger partial charge in [0.15, 0.2) is 0 Å². The van der Waals surface area contributed by atoms with Crippen molar-refractivity contribution in [2.24, 2.45) is 5.84 Å². The van der Waals surface area contributed by atoms with Crippen LogP contribution in [0, 0.1) is 11.3 Å². The van der Waals surface area contributed by atoms with Crippen molar-refractivity contribution in [1.29, 1.82) is 5.26 Å². The van der Waals surface area contributed by atoms with Crippen LogP contribution in [0.25, 0.3) is 5.57 Å². The van der Waals surface area contributed by atoms with Gasteiger partial charge < -0.3 is 30.2 Å². The normalized spacial score (nSPS) is 12.3. The molecular weight excluding hydrogens is 530 g/mol. The number of nitrogens with two attached hydrogens (primary N) is 1. The Balaban J connectivity index is 1.72. The summed E-state index contributed by atoms with van der Waals surface area (Å²) < 4.78 is 5.71. The number of likely N-dealkylation sites (N-methyl/N-ethyl adjacent to an activating group) is 2. The average Bonchev–Trinajstić information content (AvgIpc) is 3.85. The third-order valence-corrected chi connectivity index (χ3v) is 6.94. The van der Waals surface area contributed by atoms with Gasteiger partial charge in [-0.2, -0.15) is 5.26 Å². The van der Waals surface area contributed by atoms with Gasteiger partial charge in [0.2, 0.25) is 11.9 Å². The predicted octanol–water partition coefficient (Wildman–Crippen LogP) is 4.13. The highest BCUT2D eigenvalue weighted by Crippen LogP contribution is 2.39. The summed E-state index contributed by atoms with van der Waals surface area (Å²) in [6.45, 7) is 9.38. The van der Waals surface area contributed by atoms with E-state index in [2.05, 4.69) is 44.7 Å². The molecule has 0 aliphatic heterocycles. The Bertz CT molecular complexity index is 1530. The summed E-state index contributed by atoms with van der Waals surface area (Å²) >= 11 is 0. The number of hydrogen-bond donors (Lipinski definition) is 3. The molecule has 0 bridgehead atoms. The van der Waals surface area contributed by atoms with Crippen LogP contribution in [-0.4, -0.2) is 68.2 Å². The molecule has 1 aromatic heterocycles. The van der Waals surface area contributed by atoms with E-state index in [1.165, 1.54) is 12.3 Å². The van der Waals surface area contributed by atoms with E-state index in [1.54, 1.807) is 18.2 Å². The third kappa shape index (κ3) is 6.86. The number of anilines is 5. The zero-order chi connectivity index (χ0) is 30.4. The molecule has 1 amide bonds. The number of nitriles is 1. The molecule has 42 heavy (non-hydrogen) atoms. The fourth-order valence-corrected chi connectivity index (χ4v) is 4.41. The molecule has 4 rings (SSSR count). The van der Waals surface area contributed by atoms with Crippen LogP contribution in [0.15, 0.2) is 61.8 Å². The number of carbonyl (C=O) groups excluding carboxylic acids is 1. The first-order valence-corrected chi connectivity index (χ1v) is 13.5. The number of hydrogen-bond acceptors (Lipinski definition) is 10. The summed E-state index contributed by atoms with van der Waals surface area (Å²) in [4.78, 5) is 25.5. The summed E-state index contributed by atoms with van der Waals surface area (Å²) in [6.07, 6.45) is 4.73. The minimum atomic E-state index is -0.347. The van der Waals surface area contributed by atoms with E-state index in [0.717, 1.165) is 36.3 Å². The molecule has 0 atom stereocenters. The molecule has 1 fully saturated rings. The van der Waals surface area contributed by atoms with Crippen molar-refractivity contribution < 1.29 is 9.53 Å². The topological polar surface area (TPSA) is 136 Å². The van der Waals surface area contributed by atoms with Crippen molar-refractivity contribution in [3.05, 3.63) is 78.6 Å². The quantitative estimate of drug-likeness (QED) is 0.157.